The molecular formula is C19H25N3O2S. The van der Waals surface area contributed by atoms with E-state index in [4.69, 9.17) is 17.0 Å². The number of hydrogen-bond donors (Lipinski definition) is 2. The second kappa shape index (κ2) is 7.97. The van der Waals surface area contributed by atoms with E-state index in [1.165, 1.54) is 5.56 Å². The van der Waals surface area contributed by atoms with Gasteiger partial charge < -0.3 is 19.9 Å². The van der Waals surface area contributed by atoms with Crippen molar-refractivity contribution in [3.8, 4) is 0 Å². The fourth-order valence-corrected chi connectivity index (χ4v) is 3.49. The van der Waals surface area contributed by atoms with Gasteiger partial charge in [-0.2, -0.15) is 0 Å². The first kappa shape index (κ1) is 17.9. The number of aryl methyl sites for hydroxylation is 1. The minimum absolute atomic E-state index is 0.0620. The van der Waals surface area contributed by atoms with Gasteiger partial charge in [0.2, 0.25) is 0 Å². The highest BCUT2D eigenvalue weighted by Crippen LogP contribution is 2.17. The van der Waals surface area contributed by atoms with Gasteiger partial charge in [0, 0.05) is 30.8 Å². The smallest absolute Gasteiger partial charge is 0.253 e. The third-order valence-corrected chi connectivity index (χ3v) is 4.90. The second-order valence-corrected chi connectivity index (χ2v) is 6.95. The summed E-state index contributed by atoms with van der Waals surface area (Å²) in [5, 5.41) is 4.91. The molecule has 134 valence electrons. The van der Waals surface area contributed by atoms with Crippen molar-refractivity contribution in [3.63, 3.8) is 0 Å². The lowest BCUT2D eigenvalue weighted by atomic mass is 10.1. The number of aromatic nitrogens is 1. The van der Waals surface area contributed by atoms with Gasteiger partial charge in [-0.15, -0.1) is 0 Å². The average molecular weight is 359 g/mol. The first-order valence-corrected chi connectivity index (χ1v) is 9.24. The number of nitrogens with zero attached hydrogens (tertiary/aromatic N) is 1. The van der Waals surface area contributed by atoms with E-state index >= 15 is 0 Å². The molecule has 0 amide bonds. The van der Waals surface area contributed by atoms with Crippen LogP contribution in [0.4, 0.5) is 0 Å². The number of pyridine rings is 1. The molecule has 2 heterocycles. The van der Waals surface area contributed by atoms with Crippen LogP contribution in [0.3, 0.4) is 0 Å². The maximum atomic E-state index is 12.5. The molecule has 1 fully saturated rings. The van der Waals surface area contributed by atoms with Gasteiger partial charge in [0.05, 0.1) is 12.6 Å². The molecule has 1 aromatic carbocycles. The van der Waals surface area contributed by atoms with E-state index in [0.717, 1.165) is 42.5 Å². The highest BCUT2D eigenvalue weighted by atomic mass is 32.1. The first-order chi connectivity index (χ1) is 12.1. The Morgan fingerprint density at radius 3 is 3.00 bits per heavy atom. The molecule has 1 aliphatic heterocycles. The maximum Gasteiger partial charge on any atom is 0.253 e. The van der Waals surface area contributed by atoms with E-state index in [9.17, 15) is 4.79 Å². The van der Waals surface area contributed by atoms with Crippen LogP contribution < -0.4 is 10.9 Å². The van der Waals surface area contributed by atoms with Crippen molar-refractivity contribution in [2.45, 2.75) is 39.3 Å². The first-order valence-electron chi connectivity index (χ1n) is 8.83. The summed E-state index contributed by atoms with van der Waals surface area (Å²) >= 11 is 5.52. The van der Waals surface area contributed by atoms with E-state index in [0.29, 0.717) is 18.2 Å². The SMILES string of the molecule is CCNC(=S)N(Cc1cc2cc(C)ccc2[nH]c1=O)C[C@H]1CCCO1. The fourth-order valence-electron chi connectivity index (χ4n) is 3.21. The quantitative estimate of drug-likeness (QED) is 0.804. The van der Waals surface area contributed by atoms with Crippen LogP contribution >= 0.6 is 12.2 Å². The Hall–Kier alpha value is -1.92. The van der Waals surface area contributed by atoms with Crippen LogP contribution in [0.1, 0.15) is 30.9 Å². The van der Waals surface area contributed by atoms with E-state index < -0.39 is 0 Å². The number of hydrogen-bond acceptors (Lipinski definition) is 3. The van der Waals surface area contributed by atoms with Gasteiger partial charge >= 0.3 is 0 Å². The van der Waals surface area contributed by atoms with Gasteiger partial charge in [-0.1, -0.05) is 11.6 Å². The van der Waals surface area contributed by atoms with Gasteiger partial charge in [0.1, 0.15) is 0 Å². The fraction of sp³-hybridized carbons (Fsp3) is 0.474. The van der Waals surface area contributed by atoms with Crippen molar-refractivity contribution < 1.29 is 4.74 Å². The van der Waals surface area contributed by atoms with Crippen molar-refractivity contribution in [1.82, 2.24) is 15.2 Å². The molecule has 0 aliphatic carbocycles. The van der Waals surface area contributed by atoms with Crippen LogP contribution in [0, 0.1) is 6.92 Å². The van der Waals surface area contributed by atoms with Crippen LogP contribution in [-0.2, 0) is 11.3 Å². The lowest BCUT2D eigenvalue weighted by molar-refractivity contribution is 0.0897. The zero-order chi connectivity index (χ0) is 17.8. The lowest BCUT2D eigenvalue weighted by Crippen LogP contribution is -2.43. The molecule has 0 unspecified atom stereocenters. The Kier molecular flexibility index (Phi) is 5.71. The predicted octanol–water partition coefficient (Wildman–Crippen LogP) is 2.71. The van der Waals surface area contributed by atoms with Crippen molar-refractivity contribution in [2.24, 2.45) is 0 Å². The van der Waals surface area contributed by atoms with Crippen molar-refractivity contribution in [3.05, 3.63) is 45.7 Å². The highest BCUT2D eigenvalue weighted by molar-refractivity contribution is 7.80. The molecule has 0 spiro atoms. The third kappa shape index (κ3) is 4.38. The van der Waals surface area contributed by atoms with Crippen LogP contribution in [0.25, 0.3) is 10.9 Å². The van der Waals surface area contributed by atoms with Gasteiger partial charge in [0.15, 0.2) is 5.11 Å². The Bertz CT molecular complexity index is 812. The number of H-pyrrole nitrogens is 1. The van der Waals surface area contributed by atoms with Gasteiger partial charge in [-0.3, -0.25) is 4.79 Å². The maximum absolute atomic E-state index is 12.5. The number of aromatic amines is 1. The van der Waals surface area contributed by atoms with E-state index in [1.54, 1.807) is 0 Å². The summed E-state index contributed by atoms with van der Waals surface area (Å²) in [6, 6.07) is 8.01. The summed E-state index contributed by atoms with van der Waals surface area (Å²) in [5.74, 6) is 0. The van der Waals surface area contributed by atoms with Crippen LogP contribution in [0.5, 0.6) is 0 Å². The topological polar surface area (TPSA) is 57.4 Å². The average Bonchev–Trinajstić information content (AvgIpc) is 3.08. The zero-order valence-electron chi connectivity index (χ0n) is 14.8. The molecule has 3 rings (SSSR count). The normalized spacial score (nSPS) is 17.0. The summed E-state index contributed by atoms with van der Waals surface area (Å²) < 4.78 is 5.75. The molecule has 1 saturated heterocycles. The molecule has 0 radical (unpaired) electrons. The largest absolute Gasteiger partial charge is 0.376 e. The summed E-state index contributed by atoms with van der Waals surface area (Å²) in [6.07, 6.45) is 2.30. The van der Waals surface area contributed by atoms with Gasteiger partial charge in [-0.25, -0.2) is 0 Å². The lowest BCUT2D eigenvalue weighted by Gasteiger charge is -2.28. The third-order valence-electron chi connectivity index (χ3n) is 4.50. The minimum atomic E-state index is -0.0620. The summed E-state index contributed by atoms with van der Waals surface area (Å²) in [7, 11) is 0. The Morgan fingerprint density at radius 1 is 1.44 bits per heavy atom. The Morgan fingerprint density at radius 2 is 2.28 bits per heavy atom. The number of rotatable bonds is 5. The molecule has 0 bridgehead atoms. The second-order valence-electron chi connectivity index (χ2n) is 6.57. The molecule has 0 saturated carbocycles. The van der Waals surface area contributed by atoms with Gasteiger partial charge in [0.25, 0.3) is 5.56 Å². The van der Waals surface area contributed by atoms with Crippen LogP contribution in [-0.4, -0.2) is 40.8 Å². The van der Waals surface area contributed by atoms with Crippen LogP contribution in [0.15, 0.2) is 29.1 Å². The number of fused-ring (bicyclic) bond motifs is 1. The zero-order valence-corrected chi connectivity index (χ0v) is 15.6. The Labute approximate surface area is 153 Å². The molecule has 1 aromatic heterocycles. The van der Waals surface area contributed by atoms with Crippen molar-refractivity contribution in [1.29, 1.82) is 0 Å². The number of nitrogens with one attached hydrogen (secondary N) is 2. The molecule has 1 aliphatic rings. The number of benzene rings is 1. The summed E-state index contributed by atoms with van der Waals surface area (Å²) in [4.78, 5) is 17.5. The highest BCUT2D eigenvalue weighted by Gasteiger charge is 2.21. The van der Waals surface area contributed by atoms with E-state index in [-0.39, 0.29) is 11.7 Å². The molecule has 25 heavy (non-hydrogen) atoms. The number of ether oxygens (including phenoxy) is 1. The van der Waals surface area contributed by atoms with E-state index in [2.05, 4.69) is 16.4 Å². The predicted molar refractivity (Wildman–Crippen MR) is 105 cm³/mol. The molecule has 6 heteroatoms. The number of thiocarbonyl (C=S) groups is 1. The molecule has 5 nitrogen and oxygen atoms in total. The van der Waals surface area contributed by atoms with Gasteiger partial charge in [-0.05, 0) is 62.5 Å². The summed E-state index contributed by atoms with van der Waals surface area (Å²) in [6.45, 7) is 6.81. The van der Waals surface area contributed by atoms with Crippen molar-refractivity contribution >= 4 is 28.2 Å². The molecule has 1 atom stereocenters. The Balaban J connectivity index is 1.86. The monoisotopic (exact) mass is 359 g/mol. The molecule has 2 aromatic rings. The minimum Gasteiger partial charge on any atom is -0.376 e. The van der Waals surface area contributed by atoms with E-state index in [1.807, 2.05) is 36.9 Å². The standard InChI is InChI=1S/C19H25N3O2S/c1-3-20-19(25)22(12-16-5-4-8-24-16)11-15-10-14-9-13(2)6-7-17(14)21-18(15)23/h6-7,9-10,16H,3-5,8,11-12H2,1-2H3,(H,20,25)(H,21,23)/t16-/m1/s1. The van der Waals surface area contributed by atoms with Crippen molar-refractivity contribution in [2.75, 3.05) is 19.7 Å². The molecular weight excluding hydrogens is 334 g/mol. The van der Waals surface area contributed by atoms with Crippen LogP contribution in [0.2, 0.25) is 0 Å². The molecule has 2 N–H and O–H groups in total. The summed E-state index contributed by atoms with van der Waals surface area (Å²) in [5.41, 5.74) is 2.69.